The lowest BCUT2D eigenvalue weighted by atomic mass is 10.2. The van der Waals surface area contributed by atoms with Gasteiger partial charge in [-0.2, -0.15) is 0 Å². The summed E-state index contributed by atoms with van der Waals surface area (Å²) in [5.74, 6) is 0.926. The molecule has 5 heteroatoms. The summed E-state index contributed by atoms with van der Waals surface area (Å²) in [7, 11) is 0. The molecule has 1 aromatic heterocycles. The number of thioether (sulfide) groups is 2. The first-order valence-corrected chi connectivity index (χ1v) is 9.86. The first kappa shape index (κ1) is 17.6. The van der Waals surface area contributed by atoms with Crippen LogP contribution in [0.3, 0.4) is 0 Å². The molecule has 0 amide bonds. The van der Waals surface area contributed by atoms with Crippen LogP contribution in [0.5, 0.6) is 0 Å². The minimum Gasteiger partial charge on any atom is -0.262 e. The van der Waals surface area contributed by atoms with Gasteiger partial charge in [0.05, 0.1) is 11.9 Å². The minimum absolute atomic E-state index is 0.563. The molecule has 2 nitrogen and oxygen atoms in total. The molecule has 0 saturated carbocycles. The van der Waals surface area contributed by atoms with Crippen LogP contribution in [0.1, 0.15) is 25.8 Å². The smallest absolute Gasteiger partial charge is 0.131 e. The monoisotopic (exact) mass is 394 g/mol. The van der Waals surface area contributed by atoms with Crippen molar-refractivity contribution in [2.75, 3.05) is 0 Å². The molecule has 0 radical (unpaired) electrons. The van der Waals surface area contributed by atoms with E-state index in [4.69, 9.17) is 4.99 Å². The molecular formula is C17H19BrN2S2. The van der Waals surface area contributed by atoms with Crippen LogP contribution in [0, 0.1) is 0 Å². The van der Waals surface area contributed by atoms with E-state index in [2.05, 4.69) is 59.0 Å². The van der Waals surface area contributed by atoms with Gasteiger partial charge in [-0.25, -0.2) is 4.99 Å². The van der Waals surface area contributed by atoms with Gasteiger partial charge in [0.1, 0.15) is 4.38 Å². The normalized spacial score (nSPS) is 13.1. The highest BCUT2D eigenvalue weighted by molar-refractivity contribution is 9.10. The largest absolute Gasteiger partial charge is 0.262 e. The van der Waals surface area contributed by atoms with Gasteiger partial charge in [-0.1, -0.05) is 65.4 Å². The average molecular weight is 395 g/mol. The van der Waals surface area contributed by atoms with Crippen LogP contribution in [0.15, 0.2) is 58.3 Å². The minimum atomic E-state index is 0.563. The van der Waals surface area contributed by atoms with E-state index in [1.807, 2.05) is 23.9 Å². The topological polar surface area (TPSA) is 25.2 Å². The second-order valence-corrected chi connectivity index (χ2v) is 8.41. The molecule has 0 spiro atoms. The Morgan fingerprint density at radius 2 is 2.05 bits per heavy atom. The zero-order valence-corrected chi connectivity index (χ0v) is 15.9. The van der Waals surface area contributed by atoms with Crippen LogP contribution in [0.4, 0.5) is 5.69 Å². The Balaban J connectivity index is 2.07. The summed E-state index contributed by atoms with van der Waals surface area (Å²) in [6.45, 7) is 4.45. The van der Waals surface area contributed by atoms with Crippen LogP contribution >= 0.6 is 39.5 Å². The molecule has 1 unspecified atom stereocenters. The Bertz CT molecular complexity index is 600. The van der Waals surface area contributed by atoms with Crippen molar-refractivity contribution >= 4 is 49.5 Å². The Kier molecular flexibility index (Phi) is 7.49. The maximum Gasteiger partial charge on any atom is 0.131 e. The van der Waals surface area contributed by atoms with E-state index in [-0.39, 0.29) is 0 Å². The maximum absolute atomic E-state index is 4.75. The molecule has 1 aromatic carbocycles. The molecule has 22 heavy (non-hydrogen) atoms. The fourth-order valence-corrected chi connectivity index (χ4v) is 4.13. The predicted octanol–water partition coefficient (Wildman–Crippen LogP) is 6.30. The van der Waals surface area contributed by atoms with Crippen LogP contribution < -0.4 is 0 Å². The van der Waals surface area contributed by atoms with Gasteiger partial charge in [0.2, 0.25) is 0 Å². The van der Waals surface area contributed by atoms with Crippen LogP contribution in [-0.4, -0.2) is 14.6 Å². The molecule has 0 aliphatic rings. The third-order valence-corrected chi connectivity index (χ3v) is 6.03. The van der Waals surface area contributed by atoms with Crippen molar-refractivity contribution in [2.45, 2.75) is 31.3 Å². The van der Waals surface area contributed by atoms with Gasteiger partial charge < -0.3 is 0 Å². The van der Waals surface area contributed by atoms with Gasteiger partial charge in [0, 0.05) is 21.7 Å². The molecule has 0 fully saturated rings. The summed E-state index contributed by atoms with van der Waals surface area (Å²) < 4.78 is 2.21. The van der Waals surface area contributed by atoms with Crippen LogP contribution in [0.2, 0.25) is 0 Å². The molecule has 1 heterocycles. The Morgan fingerprint density at radius 1 is 1.27 bits per heavy atom. The lowest BCUT2D eigenvalue weighted by molar-refractivity contribution is 0.911. The molecule has 0 aliphatic carbocycles. The number of nitrogens with zero attached hydrogens (tertiary/aromatic N) is 2. The van der Waals surface area contributed by atoms with Gasteiger partial charge in [-0.3, -0.25) is 4.98 Å². The maximum atomic E-state index is 4.75. The van der Waals surface area contributed by atoms with Crippen molar-refractivity contribution < 1.29 is 0 Å². The number of benzene rings is 1. The zero-order valence-electron chi connectivity index (χ0n) is 12.7. The van der Waals surface area contributed by atoms with E-state index in [1.165, 1.54) is 5.56 Å². The van der Waals surface area contributed by atoms with Crippen molar-refractivity contribution in [3.8, 4) is 0 Å². The molecule has 116 valence electrons. The number of hydrogen-bond acceptors (Lipinski definition) is 4. The third-order valence-electron chi connectivity index (χ3n) is 3.02. The second-order valence-electron chi connectivity index (χ2n) is 4.84. The summed E-state index contributed by atoms with van der Waals surface area (Å²) >= 11 is 7.10. The van der Waals surface area contributed by atoms with Crippen molar-refractivity contribution in [3.63, 3.8) is 0 Å². The molecule has 0 bridgehead atoms. The molecule has 2 aromatic rings. The number of hydrogen-bond donors (Lipinski definition) is 0. The van der Waals surface area contributed by atoms with Gasteiger partial charge in [-0.15, -0.1) is 0 Å². The molecule has 2 rings (SSSR count). The average Bonchev–Trinajstić information content (AvgIpc) is 2.55. The van der Waals surface area contributed by atoms with E-state index in [0.717, 1.165) is 26.7 Å². The van der Waals surface area contributed by atoms with E-state index in [0.29, 0.717) is 5.25 Å². The molecular weight excluding hydrogens is 376 g/mol. The lowest BCUT2D eigenvalue weighted by Crippen LogP contribution is -1.98. The van der Waals surface area contributed by atoms with Crippen LogP contribution in [0.25, 0.3) is 0 Å². The highest BCUT2D eigenvalue weighted by atomic mass is 79.9. The standard InChI is InChI=1S/C17H19BrN2S2/c1-3-13(2)22-17(20-16-5-4-10-19-11-16)21-12-14-6-8-15(18)9-7-14/h4-11,13H,3,12H2,1-2H3. The summed E-state index contributed by atoms with van der Waals surface area (Å²) in [4.78, 5) is 8.88. The zero-order chi connectivity index (χ0) is 15.8. The van der Waals surface area contributed by atoms with E-state index >= 15 is 0 Å². The number of halogens is 1. The third kappa shape index (κ3) is 6.15. The number of rotatable bonds is 5. The number of aromatic nitrogens is 1. The molecule has 1 atom stereocenters. The molecule has 0 N–H and O–H groups in total. The summed E-state index contributed by atoms with van der Waals surface area (Å²) in [5.41, 5.74) is 2.22. The lowest BCUT2D eigenvalue weighted by Gasteiger charge is -2.11. The predicted molar refractivity (Wildman–Crippen MR) is 104 cm³/mol. The quantitative estimate of drug-likeness (QED) is 0.439. The SMILES string of the molecule is CCC(C)SC(=Nc1cccnc1)SCc1ccc(Br)cc1. The van der Waals surface area contributed by atoms with E-state index < -0.39 is 0 Å². The van der Waals surface area contributed by atoms with Gasteiger partial charge in [0.25, 0.3) is 0 Å². The molecule has 0 aliphatic heterocycles. The summed E-state index contributed by atoms with van der Waals surface area (Å²) in [6.07, 6.45) is 4.71. The Hall–Kier alpha value is -0.780. The Labute approximate surface area is 149 Å². The van der Waals surface area contributed by atoms with Crippen LogP contribution in [-0.2, 0) is 5.75 Å². The number of aliphatic imine (C=N–C) groups is 1. The summed E-state index contributed by atoms with van der Waals surface area (Å²) in [5, 5.41) is 0.563. The first-order chi connectivity index (χ1) is 10.7. The summed E-state index contributed by atoms with van der Waals surface area (Å²) in [6, 6.07) is 12.4. The second kappa shape index (κ2) is 9.38. The van der Waals surface area contributed by atoms with Gasteiger partial charge in [-0.05, 0) is 36.2 Å². The van der Waals surface area contributed by atoms with Crippen molar-refractivity contribution in [1.82, 2.24) is 4.98 Å². The van der Waals surface area contributed by atoms with Crippen molar-refractivity contribution in [2.24, 2.45) is 4.99 Å². The Morgan fingerprint density at radius 3 is 2.68 bits per heavy atom. The van der Waals surface area contributed by atoms with Crippen molar-refractivity contribution in [3.05, 3.63) is 58.8 Å². The number of pyridine rings is 1. The molecule has 0 saturated heterocycles. The highest BCUT2D eigenvalue weighted by Gasteiger charge is 2.08. The fraction of sp³-hybridized carbons (Fsp3) is 0.294. The fourth-order valence-electron chi connectivity index (χ4n) is 1.60. The highest BCUT2D eigenvalue weighted by Crippen LogP contribution is 2.29. The first-order valence-electron chi connectivity index (χ1n) is 7.20. The van der Waals surface area contributed by atoms with E-state index in [9.17, 15) is 0 Å². The van der Waals surface area contributed by atoms with Gasteiger partial charge in [0.15, 0.2) is 0 Å². The van der Waals surface area contributed by atoms with Gasteiger partial charge >= 0.3 is 0 Å². The van der Waals surface area contributed by atoms with Crippen molar-refractivity contribution in [1.29, 1.82) is 0 Å². The van der Waals surface area contributed by atoms with E-state index in [1.54, 1.807) is 24.2 Å².